The van der Waals surface area contributed by atoms with Crippen LogP contribution in [0.5, 0.6) is 11.5 Å². The molecule has 49 heavy (non-hydrogen) atoms. The monoisotopic (exact) mass is 632 g/mol. The summed E-state index contributed by atoms with van der Waals surface area (Å²) in [5.74, 6) is 1.66. The number of benzene rings is 6. The summed E-state index contributed by atoms with van der Waals surface area (Å²) >= 11 is 0. The summed E-state index contributed by atoms with van der Waals surface area (Å²) < 4.78 is 9.21. The van der Waals surface area contributed by atoms with Crippen LogP contribution in [0, 0.1) is 0 Å². The number of fused-ring (bicyclic) bond motifs is 7. The lowest BCUT2D eigenvalue weighted by atomic mass is 9.30. The number of anilines is 3. The molecule has 7 aromatic rings. The van der Waals surface area contributed by atoms with Crippen molar-refractivity contribution in [1.82, 2.24) is 4.57 Å². The predicted octanol–water partition coefficient (Wildman–Crippen LogP) is 9.24. The number of aryl methyl sites for hydroxylation is 1. The van der Waals surface area contributed by atoms with E-state index in [9.17, 15) is 0 Å². The van der Waals surface area contributed by atoms with Crippen LogP contribution in [-0.2, 0) is 18.3 Å². The molecule has 0 amide bonds. The largest absolute Gasteiger partial charge is 0.455 e. The number of aromatic nitrogens is 1. The van der Waals surface area contributed by atoms with Crippen molar-refractivity contribution < 1.29 is 4.74 Å². The molecule has 0 fully saturated rings. The third-order valence-corrected chi connectivity index (χ3v) is 11.3. The maximum atomic E-state index is 6.63. The van der Waals surface area contributed by atoms with Gasteiger partial charge in [0.1, 0.15) is 5.75 Å². The van der Waals surface area contributed by atoms with E-state index >= 15 is 0 Å². The van der Waals surface area contributed by atoms with Gasteiger partial charge in [-0.25, -0.2) is 0 Å². The van der Waals surface area contributed by atoms with E-state index in [2.05, 4.69) is 133 Å². The van der Waals surface area contributed by atoms with E-state index in [0.29, 0.717) is 0 Å². The minimum Gasteiger partial charge on any atom is -0.455 e. The van der Waals surface area contributed by atoms with Gasteiger partial charge in [0.15, 0.2) is 5.75 Å². The van der Waals surface area contributed by atoms with E-state index in [4.69, 9.17) is 4.74 Å². The van der Waals surface area contributed by atoms with Gasteiger partial charge in [0.05, 0.1) is 11.2 Å². The van der Waals surface area contributed by atoms with E-state index in [1.807, 2.05) is 30.3 Å². The molecule has 10 rings (SSSR count). The number of rotatable bonds is 4. The minimum absolute atomic E-state index is 0.112. The highest BCUT2D eigenvalue weighted by Gasteiger charge is 2.46. The third kappa shape index (κ3) is 4.16. The van der Waals surface area contributed by atoms with Gasteiger partial charge in [0.25, 0.3) is 0 Å². The van der Waals surface area contributed by atoms with Gasteiger partial charge in [-0.1, -0.05) is 104 Å². The molecule has 0 unspecified atom stereocenters. The summed E-state index contributed by atoms with van der Waals surface area (Å²) in [6.07, 6.45) is 4.77. The second-order valence-corrected chi connectivity index (χ2v) is 14.3. The average Bonchev–Trinajstić information content (AvgIpc) is 3.48. The molecule has 3 heterocycles. The van der Waals surface area contributed by atoms with E-state index in [0.717, 1.165) is 30.0 Å². The van der Waals surface area contributed by atoms with E-state index in [-0.39, 0.29) is 12.1 Å². The van der Waals surface area contributed by atoms with Gasteiger partial charge >= 0.3 is 0 Å². The van der Waals surface area contributed by atoms with Crippen LogP contribution in [0.25, 0.3) is 16.6 Å². The fourth-order valence-electron chi connectivity index (χ4n) is 9.18. The standard InChI is InChI=1S/C45H37BN2O/c1-45(2)34-19-8-9-21-36(34)46-37-29-30(47-38-22-10-6-17-32(38)33-18-7-11-23-39(33)47)27-28-40(37)48(42-25-14-20-35(45)44(42)46)41-24-12-13-26-43(41)49-31-15-4-3-5-16-31/h3-6,8-10,12-17,19-22,24-29H,7,11,18,23H2,1-2H3. The molecule has 1 aliphatic carbocycles. The molecule has 0 saturated carbocycles. The molecular formula is C45H37BN2O. The fourth-order valence-corrected chi connectivity index (χ4v) is 9.18. The fraction of sp³-hybridized carbons (Fsp3) is 0.156. The molecule has 3 nitrogen and oxygen atoms in total. The number of ether oxygens (including phenoxy) is 1. The zero-order chi connectivity index (χ0) is 32.7. The lowest BCUT2D eigenvalue weighted by Crippen LogP contribution is -2.64. The Bertz CT molecular complexity index is 2420. The van der Waals surface area contributed by atoms with Crippen LogP contribution < -0.4 is 26.0 Å². The highest BCUT2D eigenvalue weighted by molar-refractivity contribution is 6.99. The van der Waals surface area contributed by atoms with Crippen LogP contribution in [0.15, 0.2) is 140 Å². The van der Waals surface area contributed by atoms with Crippen molar-refractivity contribution in [1.29, 1.82) is 0 Å². The highest BCUT2D eigenvalue weighted by Crippen LogP contribution is 2.46. The van der Waals surface area contributed by atoms with Crippen LogP contribution >= 0.6 is 0 Å². The predicted molar refractivity (Wildman–Crippen MR) is 204 cm³/mol. The molecule has 3 aliphatic rings. The first-order valence-corrected chi connectivity index (χ1v) is 17.7. The van der Waals surface area contributed by atoms with Crippen molar-refractivity contribution in [3.8, 4) is 17.2 Å². The average molecular weight is 633 g/mol. The van der Waals surface area contributed by atoms with Crippen molar-refractivity contribution in [2.75, 3.05) is 4.90 Å². The summed E-state index contributed by atoms with van der Waals surface area (Å²) in [6, 6.07) is 50.9. The Morgan fingerprint density at radius 1 is 0.612 bits per heavy atom. The maximum absolute atomic E-state index is 6.63. The van der Waals surface area contributed by atoms with Crippen molar-refractivity contribution in [3.63, 3.8) is 0 Å². The Kier molecular flexibility index (Phi) is 6.27. The first-order valence-electron chi connectivity index (χ1n) is 17.7. The lowest BCUT2D eigenvalue weighted by molar-refractivity contribution is 0.484. The van der Waals surface area contributed by atoms with Crippen LogP contribution in [0.4, 0.5) is 17.1 Å². The van der Waals surface area contributed by atoms with Gasteiger partial charge in [-0.3, -0.25) is 0 Å². The number of hydrogen-bond donors (Lipinski definition) is 0. The van der Waals surface area contributed by atoms with Crippen molar-refractivity contribution in [3.05, 3.63) is 162 Å². The summed E-state index contributed by atoms with van der Waals surface area (Å²) in [5.41, 5.74) is 15.8. The molecule has 0 radical (unpaired) electrons. The molecule has 0 spiro atoms. The zero-order valence-corrected chi connectivity index (χ0v) is 28.0. The molecule has 6 aromatic carbocycles. The van der Waals surface area contributed by atoms with Crippen LogP contribution in [0.3, 0.4) is 0 Å². The Hall–Kier alpha value is -5.48. The van der Waals surface area contributed by atoms with Gasteiger partial charge < -0.3 is 14.2 Å². The molecule has 1 aromatic heterocycles. The maximum Gasteiger partial charge on any atom is 0.247 e. The second-order valence-electron chi connectivity index (χ2n) is 14.3. The van der Waals surface area contributed by atoms with E-state index in [1.165, 1.54) is 79.6 Å². The summed E-state index contributed by atoms with van der Waals surface area (Å²) in [4.78, 5) is 2.46. The molecule has 236 valence electrons. The van der Waals surface area contributed by atoms with Crippen molar-refractivity contribution in [2.45, 2.75) is 44.9 Å². The smallest absolute Gasteiger partial charge is 0.247 e. The Morgan fingerprint density at radius 2 is 1.35 bits per heavy atom. The van der Waals surface area contributed by atoms with Crippen molar-refractivity contribution in [2.24, 2.45) is 0 Å². The molecule has 0 N–H and O–H groups in total. The van der Waals surface area contributed by atoms with Gasteiger partial charge in [0.2, 0.25) is 6.71 Å². The highest BCUT2D eigenvalue weighted by atomic mass is 16.5. The van der Waals surface area contributed by atoms with Gasteiger partial charge in [0, 0.05) is 33.6 Å². The normalized spacial score (nSPS) is 15.3. The third-order valence-electron chi connectivity index (χ3n) is 11.3. The first-order chi connectivity index (χ1) is 24.1. The van der Waals surface area contributed by atoms with Gasteiger partial charge in [-0.15, -0.1) is 0 Å². The van der Waals surface area contributed by atoms with Crippen LogP contribution in [0.2, 0.25) is 0 Å². The molecule has 2 aliphatic heterocycles. The summed E-state index contributed by atoms with van der Waals surface area (Å²) in [6.45, 7) is 4.89. The van der Waals surface area contributed by atoms with E-state index < -0.39 is 0 Å². The topological polar surface area (TPSA) is 17.4 Å². The number of para-hydroxylation sites is 4. The molecule has 0 bridgehead atoms. The Morgan fingerprint density at radius 3 is 2.27 bits per heavy atom. The van der Waals surface area contributed by atoms with Gasteiger partial charge in [-0.05, 0) is 108 Å². The van der Waals surface area contributed by atoms with Crippen LogP contribution in [0.1, 0.15) is 49.1 Å². The Labute approximate surface area is 288 Å². The molecular weight excluding hydrogens is 595 g/mol. The Balaban J connectivity index is 1.26. The lowest BCUT2D eigenvalue weighted by Gasteiger charge is -2.45. The number of nitrogens with zero attached hydrogens (tertiary/aromatic N) is 2. The zero-order valence-electron chi connectivity index (χ0n) is 28.0. The molecule has 4 heteroatoms. The number of hydrogen-bond acceptors (Lipinski definition) is 2. The SMILES string of the molecule is CC1(C)c2ccccc2B2c3cc(-n4c5c(c6ccccc64)CCCC5)ccc3N(c3ccccc3Oc3ccccc3)c3cccc1c32. The molecule has 0 atom stereocenters. The minimum atomic E-state index is -0.144. The van der Waals surface area contributed by atoms with Gasteiger partial charge in [-0.2, -0.15) is 0 Å². The quantitative estimate of drug-likeness (QED) is 0.180. The van der Waals surface area contributed by atoms with Crippen molar-refractivity contribution >= 4 is 51.1 Å². The molecule has 0 saturated heterocycles. The first kappa shape index (κ1) is 28.5. The van der Waals surface area contributed by atoms with Crippen LogP contribution in [-0.4, -0.2) is 11.3 Å². The summed E-state index contributed by atoms with van der Waals surface area (Å²) in [5, 5.41) is 1.40. The van der Waals surface area contributed by atoms with E-state index in [1.54, 1.807) is 0 Å². The second kappa shape index (κ2) is 10.8. The summed E-state index contributed by atoms with van der Waals surface area (Å²) in [7, 11) is 0.